The number of nitrogen functional groups attached to an aromatic ring is 1. The minimum atomic E-state index is -0.648. The summed E-state index contributed by atoms with van der Waals surface area (Å²) in [6.07, 6.45) is 1.23. The summed E-state index contributed by atoms with van der Waals surface area (Å²) in [7, 11) is 1.22. The molecule has 2 rings (SSSR count). The van der Waals surface area contributed by atoms with Crippen LogP contribution in [0.5, 0.6) is 0 Å². The van der Waals surface area contributed by atoms with Crippen LogP contribution in [0.1, 0.15) is 49.8 Å². The third-order valence-corrected chi connectivity index (χ3v) is 5.90. The van der Waals surface area contributed by atoms with Gasteiger partial charge in [0.1, 0.15) is 16.4 Å². The number of thioether (sulfide) groups is 1. The fraction of sp³-hybridized carbons (Fsp3) is 0.333. The zero-order chi connectivity index (χ0) is 22.4. The Hall–Kier alpha value is -2.99. The number of nitrogens with one attached hydrogen (secondary N) is 1. The standard InChI is InChI=1S/C18H20N4O6S2/c1-5-28-16(25)10-6-20-18(22-14(10)19)29-7-11(24)21-15-12(17(26)27-4)8(2)13(30-15)9(3)23/h6H,5,7H2,1-4H3,(H,21,24)(H2,19,20,22). The number of amides is 1. The second kappa shape index (κ2) is 10.2. The number of thiophene rings is 1. The highest BCUT2D eigenvalue weighted by atomic mass is 32.2. The minimum absolute atomic E-state index is 0.0409. The molecular formula is C18H20N4O6S2. The van der Waals surface area contributed by atoms with Crippen LogP contribution in [0.4, 0.5) is 10.8 Å². The van der Waals surface area contributed by atoms with Crippen molar-refractivity contribution in [3.05, 3.63) is 27.8 Å². The van der Waals surface area contributed by atoms with Gasteiger partial charge in [0.25, 0.3) is 0 Å². The molecule has 0 atom stereocenters. The predicted molar refractivity (Wildman–Crippen MR) is 112 cm³/mol. The van der Waals surface area contributed by atoms with Crippen LogP contribution in [0.3, 0.4) is 0 Å². The lowest BCUT2D eigenvalue weighted by molar-refractivity contribution is -0.113. The van der Waals surface area contributed by atoms with Gasteiger partial charge >= 0.3 is 11.9 Å². The molecule has 2 aromatic heterocycles. The lowest BCUT2D eigenvalue weighted by Crippen LogP contribution is -2.16. The number of methoxy groups -OCH3 is 1. The van der Waals surface area contributed by atoms with E-state index in [0.717, 1.165) is 23.1 Å². The Balaban J connectivity index is 2.11. The summed E-state index contributed by atoms with van der Waals surface area (Å²) in [6.45, 7) is 4.85. The zero-order valence-corrected chi connectivity index (χ0v) is 18.4. The van der Waals surface area contributed by atoms with Gasteiger partial charge in [0, 0.05) is 6.20 Å². The molecule has 10 nitrogen and oxygen atoms in total. The van der Waals surface area contributed by atoms with Gasteiger partial charge in [-0.2, -0.15) is 0 Å². The zero-order valence-electron chi connectivity index (χ0n) is 16.7. The summed E-state index contributed by atoms with van der Waals surface area (Å²) in [5, 5.41) is 3.04. The van der Waals surface area contributed by atoms with Crippen LogP contribution in [-0.4, -0.2) is 53.1 Å². The minimum Gasteiger partial charge on any atom is -0.465 e. The van der Waals surface area contributed by atoms with Crippen LogP contribution in [0.25, 0.3) is 0 Å². The van der Waals surface area contributed by atoms with E-state index in [1.165, 1.54) is 20.2 Å². The topological polar surface area (TPSA) is 151 Å². The molecule has 12 heteroatoms. The molecule has 0 aliphatic heterocycles. The number of ether oxygens (including phenoxy) is 2. The Bertz CT molecular complexity index is 1000. The molecule has 0 fully saturated rings. The molecule has 0 spiro atoms. The number of carbonyl (C=O) groups is 4. The number of carbonyl (C=O) groups excluding carboxylic acids is 4. The van der Waals surface area contributed by atoms with Crippen LogP contribution in [0, 0.1) is 6.92 Å². The number of ketones is 1. The third-order valence-electron chi connectivity index (χ3n) is 3.73. The van der Waals surface area contributed by atoms with E-state index >= 15 is 0 Å². The average molecular weight is 453 g/mol. The van der Waals surface area contributed by atoms with Crippen LogP contribution >= 0.6 is 23.1 Å². The van der Waals surface area contributed by atoms with Crippen molar-refractivity contribution in [2.45, 2.75) is 25.9 Å². The Morgan fingerprint density at radius 3 is 2.53 bits per heavy atom. The first kappa shape index (κ1) is 23.3. The summed E-state index contributed by atoms with van der Waals surface area (Å²) in [5.74, 6) is -2.09. The molecular weight excluding hydrogens is 432 g/mol. The molecule has 0 bridgehead atoms. The van der Waals surface area contributed by atoms with Crippen LogP contribution in [0.15, 0.2) is 11.4 Å². The smallest absolute Gasteiger partial charge is 0.343 e. The highest BCUT2D eigenvalue weighted by Gasteiger charge is 2.25. The van der Waals surface area contributed by atoms with Gasteiger partial charge in [-0.3, -0.25) is 9.59 Å². The van der Waals surface area contributed by atoms with E-state index in [1.54, 1.807) is 13.8 Å². The Labute approximate surface area is 180 Å². The molecule has 0 aliphatic carbocycles. The highest BCUT2D eigenvalue weighted by molar-refractivity contribution is 7.99. The highest BCUT2D eigenvalue weighted by Crippen LogP contribution is 2.34. The summed E-state index contributed by atoms with van der Waals surface area (Å²) in [6, 6.07) is 0. The maximum absolute atomic E-state index is 12.4. The number of nitrogens with zero attached hydrogens (tertiary/aromatic N) is 2. The number of esters is 2. The number of hydrogen-bond donors (Lipinski definition) is 2. The number of hydrogen-bond acceptors (Lipinski definition) is 11. The maximum atomic E-state index is 12.4. The second-order valence-electron chi connectivity index (χ2n) is 5.82. The average Bonchev–Trinajstić information content (AvgIpc) is 3.02. The summed E-state index contributed by atoms with van der Waals surface area (Å²) in [4.78, 5) is 56.3. The fourth-order valence-electron chi connectivity index (χ4n) is 2.39. The van der Waals surface area contributed by atoms with Crippen molar-refractivity contribution in [2.24, 2.45) is 0 Å². The summed E-state index contributed by atoms with van der Waals surface area (Å²) in [5.41, 5.74) is 6.39. The number of rotatable bonds is 8. The monoisotopic (exact) mass is 452 g/mol. The second-order valence-corrected chi connectivity index (χ2v) is 7.78. The molecule has 0 saturated heterocycles. The van der Waals surface area contributed by atoms with Crippen molar-refractivity contribution in [1.29, 1.82) is 0 Å². The number of aromatic nitrogens is 2. The van der Waals surface area contributed by atoms with Crippen molar-refractivity contribution < 1.29 is 28.7 Å². The van der Waals surface area contributed by atoms with E-state index in [4.69, 9.17) is 15.2 Å². The van der Waals surface area contributed by atoms with E-state index in [9.17, 15) is 19.2 Å². The molecule has 3 N–H and O–H groups in total. The number of Topliss-reactive ketones (excluding diaryl/α,β-unsaturated/α-hetero) is 1. The molecule has 2 heterocycles. The molecule has 2 aromatic rings. The largest absolute Gasteiger partial charge is 0.465 e. The van der Waals surface area contributed by atoms with E-state index in [1.807, 2.05) is 0 Å². The lowest BCUT2D eigenvalue weighted by Gasteiger charge is -2.07. The van der Waals surface area contributed by atoms with Crippen molar-refractivity contribution in [3.8, 4) is 0 Å². The Kier molecular flexibility index (Phi) is 7.89. The Morgan fingerprint density at radius 2 is 1.97 bits per heavy atom. The van der Waals surface area contributed by atoms with E-state index < -0.39 is 17.8 Å². The first-order chi connectivity index (χ1) is 14.2. The van der Waals surface area contributed by atoms with E-state index in [2.05, 4.69) is 15.3 Å². The van der Waals surface area contributed by atoms with Crippen LogP contribution in [-0.2, 0) is 14.3 Å². The van der Waals surface area contributed by atoms with Crippen molar-refractivity contribution in [3.63, 3.8) is 0 Å². The molecule has 160 valence electrons. The van der Waals surface area contributed by atoms with Gasteiger partial charge in [0.05, 0.1) is 29.9 Å². The quantitative estimate of drug-likeness (QED) is 0.264. The molecule has 0 saturated carbocycles. The van der Waals surface area contributed by atoms with Crippen molar-refractivity contribution in [2.75, 3.05) is 30.5 Å². The molecule has 0 aromatic carbocycles. The van der Waals surface area contributed by atoms with Crippen LogP contribution in [0.2, 0.25) is 0 Å². The Morgan fingerprint density at radius 1 is 1.27 bits per heavy atom. The van der Waals surface area contributed by atoms with Gasteiger partial charge in [-0.25, -0.2) is 19.6 Å². The first-order valence-corrected chi connectivity index (χ1v) is 10.4. The number of nitrogens with two attached hydrogens (primary N) is 1. The lowest BCUT2D eigenvalue weighted by atomic mass is 10.1. The van der Waals surface area contributed by atoms with Gasteiger partial charge in [-0.1, -0.05) is 11.8 Å². The number of anilines is 2. The maximum Gasteiger partial charge on any atom is 0.343 e. The SMILES string of the molecule is CCOC(=O)c1cnc(SCC(=O)Nc2sc(C(C)=O)c(C)c2C(=O)OC)nc1N. The summed E-state index contributed by atoms with van der Waals surface area (Å²) >= 11 is 1.99. The van der Waals surface area contributed by atoms with Crippen LogP contribution < -0.4 is 11.1 Å². The fourth-order valence-corrected chi connectivity index (χ4v) is 4.12. The van der Waals surface area contributed by atoms with E-state index in [0.29, 0.717) is 10.4 Å². The van der Waals surface area contributed by atoms with E-state index in [-0.39, 0.29) is 45.2 Å². The van der Waals surface area contributed by atoms with Gasteiger partial charge in [0.15, 0.2) is 10.9 Å². The first-order valence-electron chi connectivity index (χ1n) is 8.64. The summed E-state index contributed by atoms with van der Waals surface area (Å²) < 4.78 is 9.60. The van der Waals surface area contributed by atoms with Crippen molar-refractivity contribution >= 4 is 57.5 Å². The van der Waals surface area contributed by atoms with Gasteiger partial charge < -0.3 is 20.5 Å². The van der Waals surface area contributed by atoms with Gasteiger partial charge in [0.2, 0.25) is 5.91 Å². The molecule has 0 radical (unpaired) electrons. The molecule has 0 aliphatic rings. The van der Waals surface area contributed by atoms with Gasteiger partial charge in [-0.15, -0.1) is 11.3 Å². The van der Waals surface area contributed by atoms with Crippen molar-refractivity contribution in [1.82, 2.24) is 9.97 Å². The third kappa shape index (κ3) is 5.33. The predicted octanol–water partition coefficient (Wildman–Crippen LogP) is 2.33. The molecule has 0 unspecified atom stereocenters. The normalized spacial score (nSPS) is 10.4. The molecule has 30 heavy (non-hydrogen) atoms. The molecule has 1 amide bonds. The van der Waals surface area contributed by atoms with Gasteiger partial charge in [-0.05, 0) is 26.3 Å².